The van der Waals surface area contributed by atoms with Crippen LogP contribution < -0.4 is 10.1 Å². The van der Waals surface area contributed by atoms with Crippen molar-refractivity contribution in [1.82, 2.24) is 0 Å². The number of fused-ring (bicyclic) bond motifs is 1. The summed E-state index contributed by atoms with van der Waals surface area (Å²) in [5, 5.41) is 5.20. The Balaban J connectivity index is 1.79. The third-order valence-corrected chi connectivity index (χ3v) is 3.69. The molecule has 0 spiro atoms. The summed E-state index contributed by atoms with van der Waals surface area (Å²) in [6, 6.07) is 21.6. The lowest BCUT2D eigenvalue weighted by Crippen LogP contribution is -2.15. The lowest BCUT2D eigenvalue weighted by atomic mass is 10.0. The number of rotatable bonds is 5. The van der Waals surface area contributed by atoms with E-state index in [9.17, 15) is 4.79 Å². The van der Waals surface area contributed by atoms with E-state index in [1.54, 1.807) is 0 Å². The van der Waals surface area contributed by atoms with E-state index in [1.165, 1.54) is 0 Å². The molecule has 0 saturated heterocycles. The number of carbonyl (C=O) groups excluding carboxylic acids is 1. The van der Waals surface area contributed by atoms with Gasteiger partial charge in [0, 0.05) is 0 Å². The van der Waals surface area contributed by atoms with Crippen LogP contribution in [0.2, 0.25) is 0 Å². The van der Waals surface area contributed by atoms with Crippen LogP contribution in [0.3, 0.4) is 0 Å². The van der Waals surface area contributed by atoms with E-state index in [4.69, 9.17) is 4.74 Å². The first-order valence-electron chi connectivity index (χ1n) is 7.76. The van der Waals surface area contributed by atoms with Crippen molar-refractivity contribution >= 4 is 22.4 Å². The van der Waals surface area contributed by atoms with Crippen LogP contribution >= 0.6 is 0 Å². The molecule has 3 aromatic carbocycles. The standard InChI is InChI=1S/C20H19NO2/c1-2-23-19-13-6-5-12-18(19)21-20(22)14-16-10-7-9-15-8-3-4-11-17(15)16/h3-13H,2,14H2,1H3,(H,21,22). The average Bonchev–Trinajstić information content (AvgIpc) is 2.57. The van der Waals surface area contributed by atoms with Crippen molar-refractivity contribution in [3.8, 4) is 5.75 Å². The molecule has 3 heteroatoms. The third-order valence-electron chi connectivity index (χ3n) is 3.69. The number of carbonyl (C=O) groups is 1. The van der Waals surface area contributed by atoms with Gasteiger partial charge in [-0.1, -0.05) is 54.6 Å². The molecule has 0 aliphatic rings. The Morgan fingerprint density at radius 2 is 1.70 bits per heavy atom. The Morgan fingerprint density at radius 1 is 0.957 bits per heavy atom. The monoisotopic (exact) mass is 305 g/mol. The topological polar surface area (TPSA) is 38.3 Å². The van der Waals surface area contributed by atoms with Crippen LogP contribution in [0.1, 0.15) is 12.5 Å². The van der Waals surface area contributed by atoms with E-state index in [0.29, 0.717) is 24.5 Å². The molecule has 0 aliphatic heterocycles. The van der Waals surface area contributed by atoms with E-state index in [1.807, 2.05) is 61.5 Å². The van der Waals surface area contributed by atoms with Gasteiger partial charge in [0.25, 0.3) is 0 Å². The van der Waals surface area contributed by atoms with Crippen molar-refractivity contribution in [2.45, 2.75) is 13.3 Å². The average molecular weight is 305 g/mol. The number of nitrogens with one attached hydrogen (secondary N) is 1. The zero-order valence-corrected chi connectivity index (χ0v) is 13.1. The van der Waals surface area contributed by atoms with Gasteiger partial charge in [-0.2, -0.15) is 0 Å². The fourth-order valence-electron chi connectivity index (χ4n) is 2.67. The molecule has 3 aromatic rings. The normalized spacial score (nSPS) is 10.5. The molecule has 23 heavy (non-hydrogen) atoms. The van der Waals surface area contributed by atoms with Gasteiger partial charge < -0.3 is 10.1 Å². The minimum atomic E-state index is -0.0477. The molecule has 0 unspecified atom stereocenters. The Morgan fingerprint density at radius 3 is 2.57 bits per heavy atom. The highest BCUT2D eigenvalue weighted by atomic mass is 16.5. The molecule has 0 atom stereocenters. The van der Waals surface area contributed by atoms with Gasteiger partial charge in [0.15, 0.2) is 0 Å². The third kappa shape index (κ3) is 3.51. The number of hydrogen-bond acceptors (Lipinski definition) is 2. The van der Waals surface area contributed by atoms with Crippen molar-refractivity contribution in [2.24, 2.45) is 0 Å². The summed E-state index contributed by atoms with van der Waals surface area (Å²) in [7, 11) is 0. The van der Waals surface area contributed by atoms with Gasteiger partial charge in [-0.25, -0.2) is 0 Å². The summed E-state index contributed by atoms with van der Waals surface area (Å²) in [5.74, 6) is 0.648. The van der Waals surface area contributed by atoms with Crippen molar-refractivity contribution < 1.29 is 9.53 Å². The molecule has 3 nitrogen and oxygen atoms in total. The molecular formula is C20H19NO2. The predicted molar refractivity (Wildman–Crippen MR) is 93.9 cm³/mol. The second-order valence-corrected chi connectivity index (χ2v) is 5.29. The smallest absolute Gasteiger partial charge is 0.228 e. The first kappa shape index (κ1) is 15.1. The quantitative estimate of drug-likeness (QED) is 0.758. The molecular weight excluding hydrogens is 286 g/mol. The minimum absolute atomic E-state index is 0.0477. The van der Waals surface area contributed by atoms with E-state index < -0.39 is 0 Å². The number of hydrogen-bond donors (Lipinski definition) is 1. The van der Waals surface area contributed by atoms with Crippen LogP contribution in [0, 0.1) is 0 Å². The van der Waals surface area contributed by atoms with E-state index in [-0.39, 0.29) is 5.91 Å². The molecule has 0 saturated carbocycles. The molecule has 0 aromatic heterocycles. The summed E-state index contributed by atoms with van der Waals surface area (Å²) in [6.45, 7) is 2.49. The summed E-state index contributed by atoms with van der Waals surface area (Å²) in [4.78, 5) is 12.4. The second kappa shape index (κ2) is 6.97. The highest BCUT2D eigenvalue weighted by molar-refractivity contribution is 5.97. The summed E-state index contributed by atoms with van der Waals surface area (Å²) in [5.41, 5.74) is 1.73. The maximum atomic E-state index is 12.4. The highest BCUT2D eigenvalue weighted by Gasteiger charge is 2.10. The summed E-state index contributed by atoms with van der Waals surface area (Å²) >= 11 is 0. The van der Waals surface area contributed by atoms with Crippen LogP contribution in [0.15, 0.2) is 66.7 Å². The first-order valence-corrected chi connectivity index (χ1v) is 7.76. The highest BCUT2D eigenvalue weighted by Crippen LogP contribution is 2.24. The Kier molecular flexibility index (Phi) is 4.57. The van der Waals surface area contributed by atoms with Crippen LogP contribution in [0.4, 0.5) is 5.69 Å². The van der Waals surface area contributed by atoms with Crippen LogP contribution in [-0.4, -0.2) is 12.5 Å². The van der Waals surface area contributed by atoms with Gasteiger partial charge in [0.05, 0.1) is 18.7 Å². The van der Waals surface area contributed by atoms with Crippen molar-refractivity contribution in [2.75, 3.05) is 11.9 Å². The predicted octanol–water partition coefficient (Wildman–Crippen LogP) is 4.42. The SMILES string of the molecule is CCOc1ccccc1NC(=O)Cc1cccc2ccccc12. The van der Waals surface area contributed by atoms with Gasteiger partial charge in [0.2, 0.25) is 5.91 Å². The lowest BCUT2D eigenvalue weighted by Gasteiger charge is -2.12. The fourth-order valence-corrected chi connectivity index (χ4v) is 2.67. The molecule has 0 fully saturated rings. The molecule has 0 aliphatic carbocycles. The molecule has 0 radical (unpaired) electrons. The minimum Gasteiger partial charge on any atom is -0.492 e. The maximum Gasteiger partial charge on any atom is 0.228 e. The van der Waals surface area contributed by atoms with Crippen molar-refractivity contribution in [3.63, 3.8) is 0 Å². The summed E-state index contributed by atoms with van der Waals surface area (Å²) < 4.78 is 5.54. The molecule has 1 amide bonds. The van der Waals surface area contributed by atoms with Gasteiger partial charge in [-0.15, -0.1) is 0 Å². The maximum absolute atomic E-state index is 12.4. The summed E-state index contributed by atoms with van der Waals surface area (Å²) in [6.07, 6.45) is 0.335. The number of anilines is 1. The van der Waals surface area contributed by atoms with Crippen LogP contribution in [0.5, 0.6) is 5.75 Å². The van der Waals surface area contributed by atoms with Crippen LogP contribution in [0.25, 0.3) is 10.8 Å². The zero-order valence-electron chi connectivity index (χ0n) is 13.1. The van der Waals surface area contributed by atoms with Crippen LogP contribution in [-0.2, 0) is 11.2 Å². The van der Waals surface area contributed by atoms with Gasteiger partial charge in [-0.3, -0.25) is 4.79 Å². The largest absolute Gasteiger partial charge is 0.492 e. The Hall–Kier alpha value is -2.81. The Bertz CT molecular complexity index is 821. The molecule has 0 heterocycles. The zero-order chi connectivity index (χ0) is 16.1. The number of ether oxygens (including phenoxy) is 1. The second-order valence-electron chi connectivity index (χ2n) is 5.29. The van der Waals surface area contributed by atoms with Gasteiger partial charge >= 0.3 is 0 Å². The lowest BCUT2D eigenvalue weighted by molar-refractivity contribution is -0.115. The molecule has 116 valence electrons. The van der Waals surface area contributed by atoms with Crippen molar-refractivity contribution in [3.05, 3.63) is 72.3 Å². The number of amides is 1. The molecule has 3 rings (SSSR count). The van der Waals surface area contributed by atoms with E-state index in [2.05, 4.69) is 17.4 Å². The molecule has 0 bridgehead atoms. The fraction of sp³-hybridized carbons (Fsp3) is 0.150. The van der Waals surface area contributed by atoms with Crippen molar-refractivity contribution in [1.29, 1.82) is 0 Å². The van der Waals surface area contributed by atoms with E-state index in [0.717, 1.165) is 16.3 Å². The number of benzene rings is 3. The molecule has 1 N–H and O–H groups in total. The number of para-hydroxylation sites is 2. The first-order chi connectivity index (χ1) is 11.3. The van der Waals surface area contributed by atoms with E-state index >= 15 is 0 Å². The Labute approximate surface area is 135 Å². The van der Waals surface area contributed by atoms with Gasteiger partial charge in [-0.05, 0) is 35.4 Å². The van der Waals surface area contributed by atoms with Gasteiger partial charge in [0.1, 0.15) is 5.75 Å².